The molecule has 0 heterocycles. The largest absolute Gasteiger partial charge is 0.497 e. The van der Waals surface area contributed by atoms with Gasteiger partial charge in [-0.2, -0.15) is 0 Å². The van der Waals surface area contributed by atoms with Crippen LogP contribution in [0.2, 0.25) is 5.02 Å². The Hall–Kier alpha value is -2.25. The average molecular weight is 411 g/mol. The van der Waals surface area contributed by atoms with Crippen LogP contribution >= 0.6 is 11.6 Å². The number of likely N-dealkylation sites (N-methyl/N-ethyl adjacent to an activating group) is 1. The van der Waals surface area contributed by atoms with Crippen LogP contribution in [-0.2, 0) is 14.8 Å². The number of sulfonamides is 1. The number of nitrogens with zero attached hydrogens (tertiary/aromatic N) is 2. The molecule has 2 aromatic rings. The van der Waals surface area contributed by atoms with Crippen LogP contribution in [0.25, 0.3) is 0 Å². The Kier molecular flexibility index (Phi) is 7.10. The summed E-state index contributed by atoms with van der Waals surface area (Å²) in [7, 11) is -2.46. The van der Waals surface area contributed by atoms with Gasteiger partial charge in [-0.3, -0.25) is 9.10 Å². The first-order valence-electron chi connectivity index (χ1n) is 8.53. The molecular weight excluding hydrogens is 388 g/mol. The van der Waals surface area contributed by atoms with Gasteiger partial charge in [0.2, 0.25) is 5.91 Å². The Morgan fingerprint density at radius 3 is 2.22 bits per heavy atom. The van der Waals surface area contributed by atoms with E-state index < -0.39 is 10.0 Å². The molecule has 0 bridgehead atoms. The minimum Gasteiger partial charge on any atom is -0.497 e. The van der Waals surface area contributed by atoms with Crippen LogP contribution in [0, 0.1) is 0 Å². The fraction of sp³-hybridized carbons (Fsp3) is 0.316. The summed E-state index contributed by atoms with van der Waals surface area (Å²) >= 11 is 6.04. The number of anilines is 1. The number of amides is 1. The molecule has 0 saturated heterocycles. The number of hydrogen-bond acceptors (Lipinski definition) is 4. The first kappa shape index (κ1) is 21.1. The van der Waals surface area contributed by atoms with E-state index >= 15 is 0 Å². The van der Waals surface area contributed by atoms with Crippen molar-refractivity contribution in [2.45, 2.75) is 18.7 Å². The van der Waals surface area contributed by atoms with E-state index in [-0.39, 0.29) is 17.3 Å². The maximum Gasteiger partial charge on any atom is 0.264 e. The van der Waals surface area contributed by atoms with Gasteiger partial charge in [-0.1, -0.05) is 17.7 Å². The zero-order valence-electron chi connectivity index (χ0n) is 15.6. The Morgan fingerprint density at radius 2 is 1.70 bits per heavy atom. The molecule has 0 aliphatic carbocycles. The van der Waals surface area contributed by atoms with E-state index in [1.807, 2.05) is 13.8 Å². The molecule has 2 aromatic carbocycles. The number of hydrogen-bond donors (Lipinski definition) is 0. The molecule has 0 fully saturated rings. The molecule has 0 radical (unpaired) electrons. The molecule has 0 unspecified atom stereocenters. The van der Waals surface area contributed by atoms with Crippen molar-refractivity contribution in [1.82, 2.24) is 4.90 Å². The number of ether oxygens (including phenoxy) is 1. The van der Waals surface area contributed by atoms with Crippen molar-refractivity contribution in [1.29, 1.82) is 0 Å². The number of carbonyl (C=O) groups is 1. The predicted octanol–water partition coefficient (Wildman–Crippen LogP) is 3.41. The highest BCUT2D eigenvalue weighted by Crippen LogP contribution is 2.27. The molecule has 2 rings (SSSR count). The van der Waals surface area contributed by atoms with Crippen molar-refractivity contribution >= 4 is 33.2 Å². The lowest BCUT2D eigenvalue weighted by molar-refractivity contribution is -0.129. The van der Waals surface area contributed by atoms with Gasteiger partial charge in [0.05, 0.1) is 17.7 Å². The van der Waals surface area contributed by atoms with Crippen LogP contribution in [0.4, 0.5) is 5.69 Å². The average Bonchev–Trinajstić information content (AvgIpc) is 2.67. The molecule has 6 nitrogen and oxygen atoms in total. The molecule has 146 valence electrons. The molecule has 0 aliphatic heterocycles. The van der Waals surface area contributed by atoms with Gasteiger partial charge in [0.15, 0.2) is 0 Å². The van der Waals surface area contributed by atoms with E-state index in [4.69, 9.17) is 16.3 Å². The van der Waals surface area contributed by atoms with E-state index in [0.29, 0.717) is 29.5 Å². The topological polar surface area (TPSA) is 66.9 Å². The smallest absolute Gasteiger partial charge is 0.264 e. The van der Waals surface area contributed by atoms with E-state index in [1.54, 1.807) is 35.2 Å². The van der Waals surface area contributed by atoms with Gasteiger partial charge >= 0.3 is 0 Å². The molecule has 0 atom stereocenters. The Morgan fingerprint density at radius 1 is 1.07 bits per heavy atom. The van der Waals surface area contributed by atoms with Crippen LogP contribution in [0.1, 0.15) is 13.8 Å². The van der Waals surface area contributed by atoms with Gasteiger partial charge in [-0.15, -0.1) is 0 Å². The molecule has 0 aromatic heterocycles. The SMILES string of the molecule is CCN(CC)C(=O)CN(c1cccc(Cl)c1)S(=O)(=O)c1ccc(OC)cc1. The minimum atomic E-state index is -3.97. The van der Waals surface area contributed by atoms with Crippen molar-refractivity contribution in [2.24, 2.45) is 0 Å². The van der Waals surface area contributed by atoms with Crippen LogP contribution in [0.15, 0.2) is 53.4 Å². The second kappa shape index (κ2) is 9.10. The zero-order chi connectivity index (χ0) is 20.0. The number of methoxy groups -OCH3 is 1. The zero-order valence-corrected chi connectivity index (χ0v) is 17.1. The fourth-order valence-electron chi connectivity index (χ4n) is 2.62. The molecule has 1 amide bonds. The molecule has 0 N–H and O–H groups in total. The minimum absolute atomic E-state index is 0.0654. The maximum absolute atomic E-state index is 13.2. The quantitative estimate of drug-likeness (QED) is 0.668. The van der Waals surface area contributed by atoms with Crippen LogP contribution in [0.5, 0.6) is 5.75 Å². The third kappa shape index (κ3) is 4.93. The van der Waals surface area contributed by atoms with Crippen LogP contribution < -0.4 is 9.04 Å². The predicted molar refractivity (Wildman–Crippen MR) is 107 cm³/mol. The first-order chi connectivity index (χ1) is 12.8. The highest BCUT2D eigenvalue weighted by Gasteiger charge is 2.28. The van der Waals surface area contributed by atoms with Gasteiger partial charge in [-0.05, 0) is 56.3 Å². The molecular formula is C19H23ClN2O4S. The van der Waals surface area contributed by atoms with E-state index in [2.05, 4.69) is 0 Å². The van der Waals surface area contributed by atoms with Crippen molar-refractivity contribution in [3.63, 3.8) is 0 Å². The number of carbonyl (C=O) groups excluding carboxylic acids is 1. The van der Waals surface area contributed by atoms with Crippen molar-refractivity contribution in [2.75, 3.05) is 31.0 Å². The van der Waals surface area contributed by atoms with E-state index in [0.717, 1.165) is 4.31 Å². The van der Waals surface area contributed by atoms with Crippen LogP contribution in [0.3, 0.4) is 0 Å². The van der Waals surface area contributed by atoms with Crippen molar-refractivity contribution < 1.29 is 17.9 Å². The lowest BCUT2D eigenvalue weighted by Gasteiger charge is -2.27. The second-order valence-corrected chi connectivity index (χ2v) is 8.03. The highest BCUT2D eigenvalue weighted by molar-refractivity contribution is 7.92. The van der Waals surface area contributed by atoms with Gasteiger partial charge in [0.1, 0.15) is 12.3 Å². The van der Waals surface area contributed by atoms with Gasteiger partial charge < -0.3 is 9.64 Å². The normalized spacial score (nSPS) is 11.1. The maximum atomic E-state index is 13.2. The summed E-state index contributed by atoms with van der Waals surface area (Å²) in [5.41, 5.74) is 0.332. The summed E-state index contributed by atoms with van der Waals surface area (Å²) < 4.78 is 32.7. The van der Waals surface area contributed by atoms with Gasteiger partial charge in [0, 0.05) is 18.1 Å². The first-order valence-corrected chi connectivity index (χ1v) is 10.3. The summed E-state index contributed by atoms with van der Waals surface area (Å²) in [5.74, 6) is 0.263. The summed E-state index contributed by atoms with van der Waals surface area (Å²) in [5, 5.41) is 0.387. The number of rotatable bonds is 8. The third-order valence-corrected chi connectivity index (χ3v) is 6.16. The Balaban J connectivity index is 2.48. The van der Waals surface area contributed by atoms with Gasteiger partial charge in [-0.25, -0.2) is 8.42 Å². The van der Waals surface area contributed by atoms with Crippen molar-refractivity contribution in [3.05, 3.63) is 53.6 Å². The molecule has 0 spiro atoms. The monoisotopic (exact) mass is 410 g/mol. The molecule has 0 aliphatic rings. The Labute approximate surface area is 165 Å². The van der Waals surface area contributed by atoms with E-state index in [9.17, 15) is 13.2 Å². The lowest BCUT2D eigenvalue weighted by Crippen LogP contribution is -2.43. The summed E-state index contributed by atoms with van der Waals surface area (Å²) in [6.07, 6.45) is 0. The summed E-state index contributed by atoms with van der Waals surface area (Å²) in [6.45, 7) is 4.39. The third-order valence-electron chi connectivity index (χ3n) is 4.14. The molecule has 0 saturated carbocycles. The molecule has 27 heavy (non-hydrogen) atoms. The standard InChI is InChI=1S/C19H23ClN2O4S/c1-4-21(5-2)19(23)14-22(16-8-6-7-15(20)13-16)27(24,25)18-11-9-17(26-3)10-12-18/h6-13H,4-5,14H2,1-3H3. The number of halogens is 1. The van der Waals surface area contributed by atoms with E-state index in [1.165, 1.54) is 25.3 Å². The summed E-state index contributed by atoms with van der Waals surface area (Å²) in [6, 6.07) is 12.5. The van der Waals surface area contributed by atoms with Crippen molar-refractivity contribution in [3.8, 4) is 5.75 Å². The lowest BCUT2D eigenvalue weighted by atomic mass is 10.3. The Bertz CT molecular complexity index is 881. The van der Waals surface area contributed by atoms with Gasteiger partial charge in [0.25, 0.3) is 10.0 Å². The fourth-order valence-corrected chi connectivity index (χ4v) is 4.21. The second-order valence-electron chi connectivity index (χ2n) is 5.73. The summed E-state index contributed by atoms with van der Waals surface area (Å²) in [4.78, 5) is 14.3. The number of benzene rings is 2. The van der Waals surface area contributed by atoms with Crippen LogP contribution in [-0.4, -0.2) is 46.0 Å². The highest BCUT2D eigenvalue weighted by atomic mass is 35.5. The molecule has 8 heteroatoms.